The molecular weight excluding hydrogens is 319 g/mol. The van der Waals surface area contributed by atoms with Gasteiger partial charge in [-0.15, -0.1) is 0 Å². The van der Waals surface area contributed by atoms with Gasteiger partial charge in [0.05, 0.1) is 0 Å². The fourth-order valence-electron chi connectivity index (χ4n) is 2.68. The predicted molar refractivity (Wildman–Crippen MR) is 96.3 cm³/mol. The fraction of sp³-hybridized carbons (Fsp3) is 0.474. The zero-order chi connectivity index (χ0) is 18.2. The van der Waals surface area contributed by atoms with Gasteiger partial charge < -0.3 is 15.1 Å². The quantitative estimate of drug-likeness (QED) is 0.489. The van der Waals surface area contributed by atoms with Crippen LogP contribution in [0.4, 0.5) is 10.1 Å². The molecular formula is C19H25FN4O. The summed E-state index contributed by atoms with van der Waals surface area (Å²) in [7, 11) is 0. The normalized spacial score (nSPS) is 15.2. The maximum atomic E-state index is 13.0. The molecule has 6 heteroatoms. The molecule has 0 unspecified atom stereocenters. The fourth-order valence-corrected chi connectivity index (χ4v) is 2.68. The molecule has 1 aromatic rings. The summed E-state index contributed by atoms with van der Waals surface area (Å²) in [5, 5.41) is 12.3. The number of hydrogen-bond acceptors (Lipinski definition) is 4. The van der Waals surface area contributed by atoms with Crippen LogP contribution in [0.5, 0.6) is 0 Å². The number of anilines is 1. The van der Waals surface area contributed by atoms with E-state index in [-0.39, 0.29) is 17.3 Å². The smallest absolute Gasteiger partial charge is 0.266 e. The molecule has 25 heavy (non-hydrogen) atoms. The van der Waals surface area contributed by atoms with Crippen molar-refractivity contribution in [1.29, 1.82) is 5.26 Å². The molecule has 0 atom stereocenters. The first-order chi connectivity index (χ1) is 12.0. The number of benzene rings is 1. The van der Waals surface area contributed by atoms with Crippen LogP contribution in [-0.4, -0.2) is 43.5 Å². The minimum Gasteiger partial charge on any atom is -0.390 e. The molecule has 1 heterocycles. The molecule has 0 spiro atoms. The van der Waals surface area contributed by atoms with Crippen LogP contribution >= 0.6 is 0 Å². The van der Waals surface area contributed by atoms with E-state index in [9.17, 15) is 14.4 Å². The number of hydrogen-bond donors (Lipinski definition) is 1. The third-order valence-electron chi connectivity index (χ3n) is 4.22. The monoisotopic (exact) mass is 344 g/mol. The minimum atomic E-state index is -0.258. The summed E-state index contributed by atoms with van der Waals surface area (Å²) in [6.07, 6.45) is 2.51. The van der Waals surface area contributed by atoms with Gasteiger partial charge >= 0.3 is 0 Å². The number of nitriles is 1. The van der Waals surface area contributed by atoms with E-state index in [0.717, 1.165) is 18.7 Å². The van der Waals surface area contributed by atoms with Crippen LogP contribution in [0.2, 0.25) is 0 Å². The van der Waals surface area contributed by atoms with Gasteiger partial charge in [0.1, 0.15) is 17.5 Å². The lowest BCUT2D eigenvalue weighted by Gasteiger charge is -2.36. The third-order valence-corrected chi connectivity index (χ3v) is 4.22. The van der Waals surface area contributed by atoms with Gasteiger partial charge in [-0.25, -0.2) is 4.39 Å². The van der Waals surface area contributed by atoms with Crippen molar-refractivity contribution in [2.45, 2.75) is 20.3 Å². The second kappa shape index (κ2) is 9.07. The van der Waals surface area contributed by atoms with Gasteiger partial charge in [0, 0.05) is 44.6 Å². The Bertz CT molecular complexity index is 640. The van der Waals surface area contributed by atoms with Gasteiger partial charge in [0.25, 0.3) is 5.91 Å². The average Bonchev–Trinajstić information content (AvgIpc) is 2.62. The van der Waals surface area contributed by atoms with E-state index >= 15 is 0 Å². The molecule has 0 bridgehead atoms. The highest BCUT2D eigenvalue weighted by molar-refractivity contribution is 5.97. The van der Waals surface area contributed by atoms with Crippen molar-refractivity contribution in [3.05, 3.63) is 41.9 Å². The second-order valence-corrected chi connectivity index (χ2v) is 6.56. The number of nitrogens with one attached hydrogen (secondary N) is 1. The molecule has 134 valence electrons. The second-order valence-electron chi connectivity index (χ2n) is 6.56. The number of piperazine rings is 1. The summed E-state index contributed by atoms with van der Waals surface area (Å²) < 4.78 is 13.0. The van der Waals surface area contributed by atoms with Crippen molar-refractivity contribution in [3.8, 4) is 6.07 Å². The SMILES string of the molecule is CC(C)CCN/C=C(/C#N)C(=O)N1CCN(c2ccc(F)cc2)CC1. The van der Waals surface area contributed by atoms with Gasteiger partial charge in [-0.1, -0.05) is 13.8 Å². The zero-order valence-corrected chi connectivity index (χ0v) is 14.8. The van der Waals surface area contributed by atoms with Crippen LogP contribution in [0.3, 0.4) is 0 Å². The highest BCUT2D eigenvalue weighted by Gasteiger charge is 2.23. The maximum Gasteiger partial charge on any atom is 0.266 e. The lowest BCUT2D eigenvalue weighted by molar-refractivity contribution is -0.127. The van der Waals surface area contributed by atoms with E-state index in [4.69, 9.17) is 0 Å². The van der Waals surface area contributed by atoms with Crippen molar-refractivity contribution in [2.75, 3.05) is 37.6 Å². The Balaban J connectivity index is 1.88. The summed E-state index contributed by atoms with van der Waals surface area (Å²) in [5.74, 6) is 0.0753. The molecule has 1 amide bonds. The molecule has 2 rings (SSSR count). The largest absolute Gasteiger partial charge is 0.390 e. The average molecular weight is 344 g/mol. The Hall–Kier alpha value is -2.55. The number of amides is 1. The number of nitrogens with zero attached hydrogens (tertiary/aromatic N) is 3. The number of carbonyl (C=O) groups excluding carboxylic acids is 1. The Morgan fingerprint density at radius 2 is 1.92 bits per heavy atom. The Kier molecular flexibility index (Phi) is 6.81. The summed E-state index contributed by atoms with van der Waals surface area (Å²) in [6.45, 7) is 7.41. The predicted octanol–water partition coefficient (Wildman–Crippen LogP) is 2.52. The van der Waals surface area contributed by atoms with E-state index in [1.54, 1.807) is 17.0 Å². The summed E-state index contributed by atoms with van der Waals surface area (Å²) in [4.78, 5) is 16.3. The van der Waals surface area contributed by atoms with E-state index < -0.39 is 0 Å². The van der Waals surface area contributed by atoms with E-state index in [1.807, 2.05) is 6.07 Å². The van der Waals surface area contributed by atoms with Gasteiger partial charge in [0.2, 0.25) is 0 Å². The molecule has 1 N–H and O–H groups in total. The standard InChI is InChI=1S/C19H25FN4O/c1-15(2)7-8-22-14-16(13-21)19(25)24-11-9-23(10-12-24)18-5-3-17(20)4-6-18/h3-6,14-15,22H,7-12H2,1-2H3/b16-14-. The van der Waals surface area contributed by atoms with Crippen LogP contribution in [0.25, 0.3) is 0 Å². The lowest BCUT2D eigenvalue weighted by Crippen LogP contribution is -2.49. The van der Waals surface area contributed by atoms with Crippen LogP contribution in [0, 0.1) is 23.1 Å². The summed E-state index contributed by atoms with van der Waals surface area (Å²) in [5.41, 5.74) is 1.08. The highest BCUT2D eigenvalue weighted by Crippen LogP contribution is 2.17. The third kappa shape index (κ3) is 5.49. The minimum absolute atomic E-state index is 0.138. The number of halogens is 1. The van der Waals surface area contributed by atoms with Crippen molar-refractivity contribution >= 4 is 11.6 Å². The molecule has 1 fully saturated rings. The van der Waals surface area contributed by atoms with Gasteiger partial charge in [-0.2, -0.15) is 5.26 Å². The molecule has 0 saturated carbocycles. The lowest BCUT2D eigenvalue weighted by atomic mass is 10.1. The molecule has 1 aliphatic rings. The van der Waals surface area contributed by atoms with Crippen molar-refractivity contribution in [2.24, 2.45) is 5.92 Å². The van der Waals surface area contributed by atoms with Crippen molar-refractivity contribution in [3.63, 3.8) is 0 Å². The molecule has 0 aromatic heterocycles. The van der Waals surface area contributed by atoms with Gasteiger partial charge in [-0.05, 0) is 36.6 Å². The van der Waals surface area contributed by atoms with Gasteiger partial charge in [0.15, 0.2) is 0 Å². The Labute approximate surface area is 148 Å². The molecule has 1 aromatic carbocycles. The first kappa shape index (κ1) is 18.8. The molecule has 5 nitrogen and oxygen atoms in total. The van der Waals surface area contributed by atoms with E-state index in [0.29, 0.717) is 32.1 Å². The zero-order valence-electron chi connectivity index (χ0n) is 14.8. The van der Waals surface area contributed by atoms with Crippen LogP contribution < -0.4 is 10.2 Å². The van der Waals surface area contributed by atoms with E-state index in [1.165, 1.54) is 18.3 Å². The van der Waals surface area contributed by atoms with Crippen molar-refractivity contribution < 1.29 is 9.18 Å². The highest BCUT2D eigenvalue weighted by atomic mass is 19.1. The van der Waals surface area contributed by atoms with Gasteiger partial charge in [-0.3, -0.25) is 4.79 Å². The number of carbonyl (C=O) groups is 1. The Morgan fingerprint density at radius 1 is 1.28 bits per heavy atom. The van der Waals surface area contributed by atoms with Crippen LogP contribution in [-0.2, 0) is 4.79 Å². The number of rotatable bonds is 6. The summed E-state index contributed by atoms with van der Waals surface area (Å²) >= 11 is 0. The van der Waals surface area contributed by atoms with Crippen LogP contribution in [0.1, 0.15) is 20.3 Å². The first-order valence-electron chi connectivity index (χ1n) is 8.64. The first-order valence-corrected chi connectivity index (χ1v) is 8.64. The maximum absolute atomic E-state index is 13.0. The van der Waals surface area contributed by atoms with Crippen LogP contribution in [0.15, 0.2) is 36.0 Å². The molecule has 1 saturated heterocycles. The van der Waals surface area contributed by atoms with Crippen molar-refractivity contribution in [1.82, 2.24) is 10.2 Å². The molecule has 0 radical (unpaired) electrons. The molecule has 1 aliphatic heterocycles. The summed E-state index contributed by atoms with van der Waals surface area (Å²) in [6, 6.07) is 8.35. The van der Waals surface area contributed by atoms with E-state index in [2.05, 4.69) is 24.1 Å². The molecule has 0 aliphatic carbocycles. The Morgan fingerprint density at radius 3 is 2.48 bits per heavy atom. The topological polar surface area (TPSA) is 59.4 Å².